The van der Waals surface area contributed by atoms with Gasteiger partial charge < -0.3 is 19.9 Å². The third kappa shape index (κ3) is 2.50. The van der Waals surface area contributed by atoms with E-state index in [1.54, 1.807) is 7.11 Å². The third-order valence-electron chi connectivity index (χ3n) is 4.20. The van der Waals surface area contributed by atoms with Crippen molar-refractivity contribution in [2.24, 2.45) is 0 Å². The molecule has 0 saturated carbocycles. The van der Waals surface area contributed by atoms with E-state index < -0.39 is 0 Å². The lowest BCUT2D eigenvalue weighted by Crippen LogP contribution is -2.44. The van der Waals surface area contributed by atoms with Crippen LogP contribution in [0.5, 0.6) is 5.75 Å². The van der Waals surface area contributed by atoms with E-state index in [1.165, 1.54) is 23.4 Å². The summed E-state index contributed by atoms with van der Waals surface area (Å²) in [7, 11) is 3.96. The molecule has 1 aromatic carbocycles. The van der Waals surface area contributed by atoms with Crippen LogP contribution in [0.4, 0.5) is 11.4 Å². The van der Waals surface area contributed by atoms with Gasteiger partial charge in [-0.1, -0.05) is 0 Å². The molecule has 0 aliphatic carbocycles. The van der Waals surface area contributed by atoms with Crippen molar-refractivity contribution >= 4 is 11.4 Å². The SMILES string of the molecule is COc1cc(N2CCN(C)CC2)cc2c1CCCN2. The van der Waals surface area contributed by atoms with E-state index in [1.807, 2.05) is 0 Å². The van der Waals surface area contributed by atoms with Crippen LogP contribution in [-0.4, -0.2) is 51.8 Å². The van der Waals surface area contributed by atoms with Gasteiger partial charge in [0.15, 0.2) is 0 Å². The highest BCUT2D eigenvalue weighted by Crippen LogP contribution is 2.36. The molecule has 2 aliphatic heterocycles. The average molecular weight is 261 g/mol. The number of piperazine rings is 1. The molecule has 4 nitrogen and oxygen atoms in total. The number of ether oxygens (including phenoxy) is 1. The number of likely N-dealkylation sites (N-methyl/N-ethyl adjacent to an activating group) is 1. The summed E-state index contributed by atoms with van der Waals surface area (Å²) < 4.78 is 5.59. The Morgan fingerprint density at radius 2 is 1.95 bits per heavy atom. The number of methoxy groups -OCH3 is 1. The summed E-state index contributed by atoms with van der Waals surface area (Å²) in [4.78, 5) is 4.84. The summed E-state index contributed by atoms with van der Waals surface area (Å²) in [6.45, 7) is 5.53. The van der Waals surface area contributed by atoms with Crippen molar-refractivity contribution in [1.82, 2.24) is 4.90 Å². The van der Waals surface area contributed by atoms with E-state index in [0.29, 0.717) is 0 Å². The van der Waals surface area contributed by atoms with Gasteiger partial charge in [-0.05, 0) is 26.0 Å². The molecule has 2 aliphatic rings. The molecular formula is C15H23N3O. The van der Waals surface area contributed by atoms with Gasteiger partial charge in [0.2, 0.25) is 0 Å². The molecule has 0 spiro atoms. The minimum absolute atomic E-state index is 1.04. The van der Waals surface area contributed by atoms with E-state index >= 15 is 0 Å². The Labute approximate surface area is 115 Å². The summed E-state index contributed by atoms with van der Waals surface area (Å²) in [6.07, 6.45) is 2.31. The molecular weight excluding hydrogens is 238 g/mol. The first-order valence-electron chi connectivity index (χ1n) is 7.16. The Hall–Kier alpha value is -1.42. The highest BCUT2D eigenvalue weighted by Gasteiger charge is 2.19. The van der Waals surface area contributed by atoms with E-state index in [4.69, 9.17) is 4.74 Å². The van der Waals surface area contributed by atoms with Crippen molar-refractivity contribution in [3.05, 3.63) is 17.7 Å². The number of nitrogens with zero attached hydrogens (tertiary/aromatic N) is 2. The van der Waals surface area contributed by atoms with Crippen LogP contribution in [0.15, 0.2) is 12.1 Å². The van der Waals surface area contributed by atoms with Gasteiger partial charge in [-0.25, -0.2) is 0 Å². The van der Waals surface area contributed by atoms with Crippen LogP contribution in [0, 0.1) is 0 Å². The maximum Gasteiger partial charge on any atom is 0.126 e. The predicted octanol–water partition coefficient (Wildman–Crippen LogP) is 1.81. The van der Waals surface area contributed by atoms with Crippen molar-refractivity contribution in [3.63, 3.8) is 0 Å². The van der Waals surface area contributed by atoms with Gasteiger partial charge in [-0.15, -0.1) is 0 Å². The monoisotopic (exact) mass is 261 g/mol. The Morgan fingerprint density at radius 3 is 2.68 bits per heavy atom. The highest BCUT2D eigenvalue weighted by atomic mass is 16.5. The predicted molar refractivity (Wildman–Crippen MR) is 79.5 cm³/mol. The Kier molecular flexibility index (Phi) is 3.51. The number of anilines is 2. The Balaban J connectivity index is 1.89. The minimum atomic E-state index is 1.04. The lowest BCUT2D eigenvalue weighted by Gasteiger charge is -2.35. The summed E-state index contributed by atoms with van der Waals surface area (Å²) in [5.74, 6) is 1.04. The number of fused-ring (bicyclic) bond motifs is 1. The summed E-state index contributed by atoms with van der Waals surface area (Å²) in [5, 5.41) is 3.51. The second-order valence-electron chi connectivity index (χ2n) is 5.49. The summed E-state index contributed by atoms with van der Waals surface area (Å²) in [6, 6.07) is 4.50. The highest BCUT2D eigenvalue weighted by molar-refractivity contribution is 5.68. The van der Waals surface area contributed by atoms with Crippen LogP contribution >= 0.6 is 0 Å². The molecule has 0 radical (unpaired) electrons. The standard InChI is InChI=1S/C15H23N3O/c1-17-6-8-18(9-7-17)12-10-14-13(4-3-5-16-14)15(11-12)19-2/h10-11,16H,3-9H2,1-2H3. The van der Waals surface area contributed by atoms with E-state index in [2.05, 4.69) is 34.3 Å². The molecule has 0 bridgehead atoms. The fourth-order valence-electron chi connectivity index (χ4n) is 2.96. The van der Waals surface area contributed by atoms with Crippen LogP contribution < -0.4 is 15.0 Å². The van der Waals surface area contributed by atoms with Crippen LogP contribution in [0.3, 0.4) is 0 Å². The van der Waals surface area contributed by atoms with E-state index in [0.717, 1.165) is 44.9 Å². The van der Waals surface area contributed by atoms with Gasteiger partial charge in [0.25, 0.3) is 0 Å². The third-order valence-corrected chi connectivity index (χ3v) is 4.20. The normalized spacial score (nSPS) is 19.8. The van der Waals surface area contributed by atoms with Crippen molar-refractivity contribution in [3.8, 4) is 5.75 Å². The molecule has 1 N–H and O–H groups in total. The fourth-order valence-corrected chi connectivity index (χ4v) is 2.96. The fraction of sp³-hybridized carbons (Fsp3) is 0.600. The maximum atomic E-state index is 5.59. The van der Waals surface area contributed by atoms with Crippen molar-refractivity contribution in [1.29, 1.82) is 0 Å². The zero-order valence-electron chi connectivity index (χ0n) is 11.9. The molecule has 4 heteroatoms. The number of hydrogen-bond acceptors (Lipinski definition) is 4. The molecule has 1 aromatic rings. The molecule has 0 atom stereocenters. The number of hydrogen-bond donors (Lipinski definition) is 1. The molecule has 2 heterocycles. The topological polar surface area (TPSA) is 27.7 Å². The summed E-state index contributed by atoms with van der Waals surface area (Å²) in [5.41, 5.74) is 3.89. The molecule has 0 amide bonds. The Morgan fingerprint density at radius 1 is 1.16 bits per heavy atom. The lowest BCUT2D eigenvalue weighted by molar-refractivity contribution is 0.312. The lowest BCUT2D eigenvalue weighted by atomic mass is 10.0. The average Bonchev–Trinajstić information content (AvgIpc) is 2.47. The second-order valence-corrected chi connectivity index (χ2v) is 5.49. The van der Waals surface area contributed by atoms with Crippen molar-refractivity contribution in [2.45, 2.75) is 12.8 Å². The van der Waals surface area contributed by atoms with Gasteiger partial charge in [0.1, 0.15) is 5.75 Å². The zero-order chi connectivity index (χ0) is 13.2. The van der Waals surface area contributed by atoms with E-state index in [-0.39, 0.29) is 0 Å². The smallest absolute Gasteiger partial charge is 0.126 e. The minimum Gasteiger partial charge on any atom is -0.496 e. The molecule has 19 heavy (non-hydrogen) atoms. The number of benzene rings is 1. The van der Waals surface area contributed by atoms with Crippen molar-refractivity contribution in [2.75, 3.05) is 57.1 Å². The molecule has 3 rings (SSSR count). The van der Waals surface area contributed by atoms with Gasteiger partial charge >= 0.3 is 0 Å². The molecule has 0 aromatic heterocycles. The van der Waals surface area contributed by atoms with Crippen LogP contribution in [0.1, 0.15) is 12.0 Å². The molecule has 104 valence electrons. The van der Waals surface area contributed by atoms with Crippen molar-refractivity contribution < 1.29 is 4.74 Å². The first-order chi connectivity index (χ1) is 9.28. The van der Waals surface area contributed by atoms with Gasteiger partial charge in [-0.2, -0.15) is 0 Å². The van der Waals surface area contributed by atoms with Crippen LogP contribution in [-0.2, 0) is 6.42 Å². The maximum absolute atomic E-state index is 5.59. The molecule has 1 saturated heterocycles. The second kappa shape index (κ2) is 5.29. The van der Waals surface area contributed by atoms with Gasteiger partial charge in [0.05, 0.1) is 7.11 Å². The Bertz CT molecular complexity index is 436. The number of rotatable bonds is 2. The first kappa shape index (κ1) is 12.6. The van der Waals surface area contributed by atoms with Crippen LogP contribution in [0.2, 0.25) is 0 Å². The quantitative estimate of drug-likeness (QED) is 0.878. The van der Waals surface area contributed by atoms with Gasteiger partial charge in [-0.3, -0.25) is 0 Å². The largest absolute Gasteiger partial charge is 0.496 e. The molecule has 0 unspecified atom stereocenters. The first-order valence-corrected chi connectivity index (χ1v) is 7.16. The number of nitrogens with one attached hydrogen (secondary N) is 1. The zero-order valence-corrected chi connectivity index (χ0v) is 11.9. The summed E-state index contributed by atoms with van der Waals surface area (Å²) >= 11 is 0. The van der Waals surface area contributed by atoms with Crippen LogP contribution in [0.25, 0.3) is 0 Å². The van der Waals surface area contributed by atoms with E-state index in [9.17, 15) is 0 Å². The molecule has 1 fully saturated rings. The van der Waals surface area contributed by atoms with Gasteiger partial charge in [0, 0.05) is 55.7 Å².